The Morgan fingerprint density at radius 1 is 1.56 bits per heavy atom. The fourth-order valence-corrected chi connectivity index (χ4v) is 2.01. The Hall–Kier alpha value is -1.46. The first-order valence-electron chi connectivity index (χ1n) is 6.11. The van der Waals surface area contributed by atoms with Crippen LogP contribution in [0.5, 0.6) is 0 Å². The van der Waals surface area contributed by atoms with Gasteiger partial charge in [0, 0.05) is 38.4 Å². The van der Waals surface area contributed by atoms with E-state index in [0.717, 1.165) is 12.1 Å². The number of nitrogens with two attached hydrogens (primary N) is 1. The van der Waals surface area contributed by atoms with Crippen LogP contribution in [0.3, 0.4) is 0 Å². The summed E-state index contributed by atoms with van der Waals surface area (Å²) >= 11 is 0. The molecular formula is C13H19N3O2. The number of carbonyl (C=O) groups excluding carboxylic acids is 1. The van der Waals surface area contributed by atoms with E-state index in [0.29, 0.717) is 26.3 Å². The lowest BCUT2D eigenvalue weighted by molar-refractivity contribution is -0.169. The van der Waals surface area contributed by atoms with Crippen LogP contribution >= 0.6 is 0 Å². The van der Waals surface area contributed by atoms with E-state index in [1.807, 2.05) is 18.2 Å². The highest BCUT2D eigenvalue weighted by molar-refractivity contribution is 5.84. The van der Waals surface area contributed by atoms with Crippen molar-refractivity contribution >= 4 is 5.91 Å². The van der Waals surface area contributed by atoms with Gasteiger partial charge in [0.1, 0.15) is 5.41 Å². The molecule has 0 saturated carbocycles. The summed E-state index contributed by atoms with van der Waals surface area (Å²) in [6, 6.07) is 5.79. The Labute approximate surface area is 107 Å². The largest absolute Gasteiger partial charge is 0.379 e. The van der Waals surface area contributed by atoms with Crippen LogP contribution in [0.1, 0.15) is 5.69 Å². The fraction of sp³-hybridized carbons (Fsp3) is 0.538. The molecule has 5 heteroatoms. The highest BCUT2D eigenvalue weighted by Crippen LogP contribution is 2.28. The Morgan fingerprint density at radius 3 is 2.83 bits per heavy atom. The molecule has 0 aliphatic carbocycles. The zero-order chi connectivity index (χ0) is 13.0. The number of pyridine rings is 1. The molecule has 1 saturated heterocycles. The normalized spacial score (nSPS) is 17.0. The molecule has 5 nitrogen and oxygen atoms in total. The van der Waals surface area contributed by atoms with Crippen LogP contribution in [0.4, 0.5) is 0 Å². The van der Waals surface area contributed by atoms with Gasteiger partial charge in [0.05, 0.1) is 13.2 Å². The molecular weight excluding hydrogens is 230 g/mol. The van der Waals surface area contributed by atoms with Crippen LogP contribution in [0, 0.1) is 5.41 Å². The highest BCUT2D eigenvalue weighted by Gasteiger charge is 2.46. The number of hydrogen-bond acceptors (Lipinski definition) is 4. The molecule has 0 unspecified atom stereocenters. The molecule has 1 aliphatic heterocycles. The summed E-state index contributed by atoms with van der Waals surface area (Å²) in [4.78, 5) is 18.2. The van der Waals surface area contributed by atoms with Crippen molar-refractivity contribution in [3.8, 4) is 0 Å². The fourth-order valence-electron chi connectivity index (χ4n) is 2.01. The van der Waals surface area contributed by atoms with Crippen molar-refractivity contribution in [2.45, 2.75) is 6.42 Å². The SMILES string of the molecule is CN(CCc1ccccn1)C(=O)C1(CN)COC1. The van der Waals surface area contributed by atoms with E-state index in [9.17, 15) is 4.79 Å². The summed E-state index contributed by atoms with van der Waals surface area (Å²) in [5, 5.41) is 0. The number of ether oxygens (including phenoxy) is 1. The van der Waals surface area contributed by atoms with Crippen molar-refractivity contribution in [3.63, 3.8) is 0 Å². The maximum absolute atomic E-state index is 12.2. The summed E-state index contributed by atoms with van der Waals surface area (Å²) in [6.07, 6.45) is 2.52. The number of nitrogens with zero attached hydrogens (tertiary/aromatic N) is 2. The summed E-state index contributed by atoms with van der Waals surface area (Å²) in [6.45, 7) is 1.88. The maximum Gasteiger partial charge on any atom is 0.234 e. The van der Waals surface area contributed by atoms with Crippen LogP contribution in [-0.2, 0) is 16.0 Å². The van der Waals surface area contributed by atoms with E-state index in [-0.39, 0.29) is 5.91 Å². The monoisotopic (exact) mass is 249 g/mol. The molecule has 1 aliphatic rings. The molecule has 0 aromatic carbocycles. The molecule has 2 heterocycles. The van der Waals surface area contributed by atoms with Crippen molar-refractivity contribution in [1.29, 1.82) is 0 Å². The van der Waals surface area contributed by atoms with Gasteiger partial charge in [-0.25, -0.2) is 0 Å². The smallest absolute Gasteiger partial charge is 0.234 e. The number of hydrogen-bond donors (Lipinski definition) is 1. The van der Waals surface area contributed by atoms with Crippen LogP contribution in [0.25, 0.3) is 0 Å². The molecule has 1 fully saturated rings. The van der Waals surface area contributed by atoms with Crippen molar-refractivity contribution < 1.29 is 9.53 Å². The average molecular weight is 249 g/mol. The second-order valence-corrected chi connectivity index (χ2v) is 4.78. The van der Waals surface area contributed by atoms with Crippen LogP contribution in [0.15, 0.2) is 24.4 Å². The molecule has 1 aromatic heterocycles. The predicted octanol–water partition coefficient (Wildman–Crippen LogP) is 0.0578. The first-order chi connectivity index (χ1) is 8.68. The van der Waals surface area contributed by atoms with Gasteiger partial charge in [-0.3, -0.25) is 9.78 Å². The van der Waals surface area contributed by atoms with Gasteiger partial charge in [0.25, 0.3) is 0 Å². The lowest BCUT2D eigenvalue weighted by Crippen LogP contribution is -2.58. The van der Waals surface area contributed by atoms with E-state index >= 15 is 0 Å². The standard InChI is InChI=1S/C13H19N3O2/c1-16(7-5-11-4-2-3-6-15-11)12(17)13(8-14)9-18-10-13/h2-4,6H,5,7-10,14H2,1H3. The Bertz CT molecular complexity index is 398. The predicted molar refractivity (Wildman–Crippen MR) is 67.9 cm³/mol. The Morgan fingerprint density at radius 2 is 2.33 bits per heavy atom. The van der Waals surface area contributed by atoms with Crippen LogP contribution in [-0.4, -0.2) is 49.1 Å². The lowest BCUT2D eigenvalue weighted by atomic mass is 9.84. The van der Waals surface area contributed by atoms with Crippen molar-refractivity contribution in [1.82, 2.24) is 9.88 Å². The quantitative estimate of drug-likeness (QED) is 0.801. The van der Waals surface area contributed by atoms with E-state index in [1.54, 1.807) is 18.1 Å². The third-order valence-electron chi connectivity index (χ3n) is 3.38. The number of aromatic nitrogens is 1. The topological polar surface area (TPSA) is 68.5 Å². The van der Waals surface area contributed by atoms with Gasteiger partial charge in [-0.1, -0.05) is 6.07 Å². The minimum Gasteiger partial charge on any atom is -0.379 e. The van der Waals surface area contributed by atoms with Gasteiger partial charge in [0.15, 0.2) is 0 Å². The number of amides is 1. The molecule has 0 spiro atoms. The zero-order valence-corrected chi connectivity index (χ0v) is 10.6. The molecule has 0 radical (unpaired) electrons. The van der Waals surface area contributed by atoms with E-state index < -0.39 is 5.41 Å². The van der Waals surface area contributed by atoms with E-state index in [4.69, 9.17) is 10.5 Å². The third kappa shape index (κ3) is 2.52. The first-order valence-corrected chi connectivity index (χ1v) is 6.11. The number of rotatable bonds is 5. The van der Waals surface area contributed by atoms with Crippen molar-refractivity contribution in [2.24, 2.45) is 11.1 Å². The minimum atomic E-state index is -0.487. The van der Waals surface area contributed by atoms with Gasteiger partial charge in [-0.2, -0.15) is 0 Å². The third-order valence-corrected chi connectivity index (χ3v) is 3.38. The van der Waals surface area contributed by atoms with Crippen LogP contribution in [0.2, 0.25) is 0 Å². The summed E-state index contributed by atoms with van der Waals surface area (Å²) in [7, 11) is 1.81. The molecule has 1 amide bonds. The average Bonchev–Trinajstić information content (AvgIpc) is 2.36. The first kappa shape index (κ1) is 13.0. The molecule has 1 aromatic rings. The summed E-state index contributed by atoms with van der Waals surface area (Å²) in [5.74, 6) is 0.0761. The Kier molecular flexibility index (Phi) is 3.93. The van der Waals surface area contributed by atoms with Crippen molar-refractivity contribution in [3.05, 3.63) is 30.1 Å². The van der Waals surface area contributed by atoms with E-state index in [1.165, 1.54) is 0 Å². The van der Waals surface area contributed by atoms with Gasteiger partial charge in [-0.05, 0) is 12.1 Å². The second-order valence-electron chi connectivity index (χ2n) is 4.78. The molecule has 18 heavy (non-hydrogen) atoms. The summed E-state index contributed by atoms with van der Waals surface area (Å²) < 4.78 is 5.12. The Balaban J connectivity index is 1.88. The van der Waals surface area contributed by atoms with Gasteiger partial charge in [0.2, 0.25) is 5.91 Å². The van der Waals surface area contributed by atoms with E-state index in [2.05, 4.69) is 4.98 Å². The van der Waals surface area contributed by atoms with Crippen molar-refractivity contribution in [2.75, 3.05) is 33.4 Å². The molecule has 0 atom stereocenters. The molecule has 2 N–H and O–H groups in total. The molecule has 2 rings (SSSR count). The van der Waals surface area contributed by atoms with Gasteiger partial charge in [-0.15, -0.1) is 0 Å². The van der Waals surface area contributed by atoms with Gasteiger partial charge < -0.3 is 15.4 Å². The number of likely N-dealkylation sites (N-methyl/N-ethyl adjacent to an activating group) is 1. The maximum atomic E-state index is 12.2. The lowest BCUT2D eigenvalue weighted by Gasteiger charge is -2.41. The molecule has 98 valence electrons. The highest BCUT2D eigenvalue weighted by atomic mass is 16.5. The number of carbonyl (C=O) groups is 1. The molecule has 0 bridgehead atoms. The van der Waals surface area contributed by atoms with Gasteiger partial charge >= 0.3 is 0 Å². The van der Waals surface area contributed by atoms with Crippen LogP contribution < -0.4 is 5.73 Å². The second kappa shape index (κ2) is 5.46. The zero-order valence-electron chi connectivity index (χ0n) is 10.6. The summed E-state index contributed by atoms with van der Waals surface area (Å²) in [5.41, 5.74) is 6.18. The minimum absolute atomic E-state index is 0.0761.